The summed E-state index contributed by atoms with van der Waals surface area (Å²) in [4.78, 5) is 47.9. The van der Waals surface area contributed by atoms with E-state index in [1.54, 1.807) is 31.2 Å². The fourth-order valence-electron chi connectivity index (χ4n) is 2.92. The van der Waals surface area contributed by atoms with Crippen molar-refractivity contribution in [3.63, 3.8) is 0 Å². The molecule has 2 aromatic carbocycles. The maximum atomic E-state index is 12.0. The summed E-state index contributed by atoms with van der Waals surface area (Å²) in [6, 6.07) is 19.0. The molecular weight excluding hydrogens is 450 g/mol. The number of furan rings is 1. The third kappa shape index (κ3) is 7.67. The van der Waals surface area contributed by atoms with E-state index in [4.69, 9.17) is 4.42 Å². The van der Waals surface area contributed by atoms with Gasteiger partial charge in [0.2, 0.25) is 0 Å². The number of rotatable bonds is 7. The molecule has 0 fully saturated rings. The van der Waals surface area contributed by atoms with Crippen LogP contribution < -0.4 is 21.4 Å². The van der Waals surface area contributed by atoms with E-state index in [9.17, 15) is 19.2 Å². The van der Waals surface area contributed by atoms with Crippen molar-refractivity contribution in [3.8, 4) is 0 Å². The van der Waals surface area contributed by atoms with Gasteiger partial charge >= 0.3 is 23.6 Å². The van der Waals surface area contributed by atoms with Crippen LogP contribution in [0.5, 0.6) is 0 Å². The Labute approximate surface area is 201 Å². The molecule has 35 heavy (non-hydrogen) atoms. The molecule has 4 amide bonds. The van der Waals surface area contributed by atoms with Gasteiger partial charge in [-0.15, -0.1) is 0 Å². The molecule has 0 aliphatic rings. The zero-order valence-corrected chi connectivity index (χ0v) is 19.2. The maximum absolute atomic E-state index is 12.0. The number of hydrogen-bond donors (Lipinski definition) is 4. The molecule has 0 radical (unpaired) electrons. The van der Waals surface area contributed by atoms with Gasteiger partial charge in [0.25, 0.3) is 0 Å². The summed E-state index contributed by atoms with van der Waals surface area (Å²) in [5, 5.41) is 11.2. The number of carbonyl (C=O) groups is 4. The summed E-state index contributed by atoms with van der Waals surface area (Å²) in [5.41, 5.74) is 4.53. The summed E-state index contributed by atoms with van der Waals surface area (Å²) in [5.74, 6) is -2.74. The Morgan fingerprint density at radius 2 is 1.60 bits per heavy atom. The number of nitrogens with one attached hydrogen (secondary N) is 4. The first-order valence-corrected chi connectivity index (χ1v) is 10.7. The zero-order valence-electron chi connectivity index (χ0n) is 19.2. The Balaban J connectivity index is 1.42. The largest absolute Gasteiger partial charge is 0.458 e. The van der Waals surface area contributed by atoms with Crippen LogP contribution in [0.4, 0.5) is 5.69 Å². The number of hydrazone groups is 1. The second kappa shape index (κ2) is 11.9. The molecule has 1 aromatic heterocycles. The van der Waals surface area contributed by atoms with E-state index in [1.165, 1.54) is 6.21 Å². The molecule has 3 rings (SSSR count). The van der Waals surface area contributed by atoms with Crippen LogP contribution >= 0.6 is 0 Å². The van der Waals surface area contributed by atoms with Crippen molar-refractivity contribution in [2.45, 2.75) is 26.4 Å². The molecule has 0 bridgehead atoms. The third-order valence-corrected chi connectivity index (χ3v) is 4.83. The summed E-state index contributed by atoms with van der Waals surface area (Å²) in [6.45, 7) is 3.65. The van der Waals surface area contributed by atoms with Gasteiger partial charge in [0, 0.05) is 5.69 Å². The fourth-order valence-corrected chi connectivity index (χ4v) is 2.92. The summed E-state index contributed by atoms with van der Waals surface area (Å²) in [6.07, 6.45) is 1.21. The molecule has 1 heterocycles. The lowest BCUT2D eigenvalue weighted by atomic mass is 10.1. The van der Waals surface area contributed by atoms with Crippen molar-refractivity contribution in [1.29, 1.82) is 0 Å². The third-order valence-electron chi connectivity index (χ3n) is 4.83. The van der Waals surface area contributed by atoms with Crippen molar-refractivity contribution in [1.82, 2.24) is 16.1 Å². The molecule has 10 heteroatoms. The number of benzene rings is 2. The van der Waals surface area contributed by atoms with E-state index in [0.29, 0.717) is 11.4 Å². The van der Waals surface area contributed by atoms with Crippen molar-refractivity contribution < 1.29 is 23.6 Å². The van der Waals surface area contributed by atoms with Gasteiger partial charge in [-0.25, -0.2) is 5.43 Å². The van der Waals surface area contributed by atoms with Gasteiger partial charge in [-0.2, -0.15) is 5.10 Å². The van der Waals surface area contributed by atoms with Gasteiger partial charge in [-0.1, -0.05) is 48.0 Å². The second-order valence-electron chi connectivity index (χ2n) is 7.61. The van der Waals surface area contributed by atoms with Crippen LogP contribution in [-0.2, 0) is 25.7 Å². The number of aryl methyl sites for hydroxylation is 1. The molecule has 0 spiro atoms. The molecule has 3 aromatic rings. The first kappa shape index (κ1) is 24.9. The van der Waals surface area contributed by atoms with Gasteiger partial charge in [-0.05, 0) is 43.7 Å². The maximum Gasteiger partial charge on any atom is 0.329 e. The quantitative estimate of drug-likeness (QED) is 0.235. The summed E-state index contributed by atoms with van der Waals surface area (Å²) in [7, 11) is 0. The Bertz CT molecular complexity index is 1220. The predicted octanol–water partition coefficient (Wildman–Crippen LogP) is 2.17. The normalized spacial score (nSPS) is 11.5. The molecule has 10 nitrogen and oxygen atoms in total. The smallest absolute Gasteiger partial charge is 0.329 e. The Morgan fingerprint density at radius 3 is 2.31 bits per heavy atom. The molecular formula is C25H25N5O5. The molecule has 180 valence electrons. The molecule has 0 aliphatic carbocycles. The number of nitrogens with zero attached hydrogens (tertiary/aromatic N) is 1. The lowest BCUT2D eigenvalue weighted by Crippen LogP contribution is -2.39. The second-order valence-corrected chi connectivity index (χ2v) is 7.61. The standard InChI is InChI=1S/C25H25N5O5/c1-16-8-10-19(11-9-16)29-23(32)22(31)26-14-20-12-13-21(35-20)15-27-30-25(34)24(33)28-17(2)18-6-4-3-5-7-18/h3-13,15,17H,14H2,1-2H3,(H,26,31)(H,28,33)(H,29,32)(H,30,34)/b27-15+/t17-/m1/s1. The monoisotopic (exact) mass is 475 g/mol. The fraction of sp³-hybridized carbons (Fsp3) is 0.160. The molecule has 0 saturated carbocycles. The highest BCUT2D eigenvalue weighted by Gasteiger charge is 2.17. The molecule has 1 atom stereocenters. The number of hydrogen-bond acceptors (Lipinski definition) is 6. The minimum absolute atomic E-state index is 0.0276. The van der Waals surface area contributed by atoms with Gasteiger partial charge in [0.15, 0.2) is 0 Å². The topological polar surface area (TPSA) is 142 Å². The van der Waals surface area contributed by atoms with Gasteiger partial charge < -0.3 is 20.4 Å². The van der Waals surface area contributed by atoms with E-state index in [-0.39, 0.29) is 18.3 Å². The first-order chi connectivity index (χ1) is 16.8. The SMILES string of the molecule is Cc1ccc(NC(=O)C(=O)NCc2ccc(/C=N/NC(=O)C(=O)N[C@H](C)c3ccccc3)o2)cc1. The van der Waals surface area contributed by atoms with Crippen molar-refractivity contribution in [3.05, 3.63) is 89.4 Å². The number of carbonyl (C=O) groups excluding carboxylic acids is 4. The van der Waals surface area contributed by atoms with Crippen molar-refractivity contribution >= 4 is 35.5 Å². The molecule has 4 N–H and O–H groups in total. The zero-order chi connectivity index (χ0) is 25.2. The minimum Gasteiger partial charge on any atom is -0.458 e. The van der Waals surface area contributed by atoms with Crippen molar-refractivity contribution in [2.75, 3.05) is 5.32 Å². The highest BCUT2D eigenvalue weighted by molar-refractivity contribution is 6.39. The highest BCUT2D eigenvalue weighted by atomic mass is 16.3. The van der Waals surface area contributed by atoms with Crippen LogP contribution in [0.15, 0.2) is 76.2 Å². The average molecular weight is 476 g/mol. The van der Waals surface area contributed by atoms with Crippen LogP contribution in [0.2, 0.25) is 0 Å². The van der Waals surface area contributed by atoms with Gasteiger partial charge in [0.05, 0.1) is 18.8 Å². The predicted molar refractivity (Wildman–Crippen MR) is 129 cm³/mol. The first-order valence-electron chi connectivity index (χ1n) is 10.7. The Hall–Kier alpha value is -4.73. The van der Waals surface area contributed by atoms with Crippen LogP contribution in [0.3, 0.4) is 0 Å². The van der Waals surface area contributed by atoms with Crippen LogP contribution in [0, 0.1) is 6.92 Å². The lowest BCUT2D eigenvalue weighted by molar-refractivity contribution is -0.139. The Morgan fingerprint density at radius 1 is 0.886 bits per heavy atom. The summed E-state index contributed by atoms with van der Waals surface area (Å²) < 4.78 is 5.46. The van der Waals surface area contributed by atoms with E-state index < -0.39 is 23.6 Å². The van der Waals surface area contributed by atoms with Gasteiger partial charge in [-0.3, -0.25) is 19.2 Å². The van der Waals surface area contributed by atoms with Crippen LogP contribution in [0.25, 0.3) is 0 Å². The number of amides is 4. The highest BCUT2D eigenvalue weighted by Crippen LogP contribution is 2.11. The van der Waals surface area contributed by atoms with E-state index in [2.05, 4.69) is 26.5 Å². The molecule has 0 aliphatic heterocycles. The molecule has 0 saturated heterocycles. The van der Waals surface area contributed by atoms with E-state index in [0.717, 1.165) is 11.1 Å². The van der Waals surface area contributed by atoms with E-state index in [1.807, 2.05) is 49.4 Å². The van der Waals surface area contributed by atoms with Gasteiger partial charge in [0.1, 0.15) is 11.5 Å². The van der Waals surface area contributed by atoms with Crippen LogP contribution in [-0.4, -0.2) is 29.8 Å². The molecule has 0 unspecified atom stereocenters. The summed E-state index contributed by atoms with van der Waals surface area (Å²) >= 11 is 0. The Kier molecular flexibility index (Phi) is 8.49. The van der Waals surface area contributed by atoms with Crippen molar-refractivity contribution in [2.24, 2.45) is 5.10 Å². The van der Waals surface area contributed by atoms with Crippen LogP contribution in [0.1, 0.15) is 35.6 Å². The number of anilines is 1. The van der Waals surface area contributed by atoms with E-state index >= 15 is 0 Å². The average Bonchev–Trinajstić information content (AvgIpc) is 3.32. The minimum atomic E-state index is -0.928. The lowest BCUT2D eigenvalue weighted by Gasteiger charge is -2.13.